The Bertz CT molecular complexity index is 576. The number of hydrogen-bond acceptors (Lipinski definition) is 3. The molecule has 0 spiro atoms. The molecule has 1 aliphatic heterocycles. The molecule has 5 heteroatoms. The lowest BCUT2D eigenvalue weighted by Gasteiger charge is -2.26. The summed E-state index contributed by atoms with van der Waals surface area (Å²) in [7, 11) is 0. The van der Waals surface area contributed by atoms with Crippen LogP contribution in [0.5, 0.6) is 0 Å². The maximum atomic E-state index is 14.0. The van der Waals surface area contributed by atoms with Crippen LogP contribution in [-0.4, -0.2) is 16.5 Å². The normalized spacial score (nSPS) is 18.8. The fourth-order valence-electron chi connectivity index (χ4n) is 2.56. The van der Waals surface area contributed by atoms with Crippen LogP contribution < -0.4 is 4.90 Å². The molecule has 3 rings (SSSR count). The number of anilines is 1. The summed E-state index contributed by atoms with van der Waals surface area (Å²) in [6.45, 7) is 0.797. The van der Waals surface area contributed by atoms with Crippen molar-refractivity contribution in [3.63, 3.8) is 0 Å². The van der Waals surface area contributed by atoms with E-state index in [9.17, 15) is 4.39 Å². The maximum Gasteiger partial charge on any atom is 0.167 e. The second-order valence-corrected chi connectivity index (χ2v) is 5.03. The number of hydrogen-bond donors (Lipinski definition) is 0. The summed E-state index contributed by atoms with van der Waals surface area (Å²) in [6, 6.07) is 5.36. The van der Waals surface area contributed by atoms with E-state index < -0.39 is 0 Å². The third-order valence-corrected chi connectivity index (χ3v) is 3.59. The van der Waals surface area contributed by atoms with E-state index in [-0.39, 0.29) is 11.9 Å². The van der Waals surface area contributed by atoms with Crippen LogP contribution in [0.3, 0.4) is 0 Å². The fraction of sp³-hybridized carbons (Fsp3) is 0.286. The minimum atomic E-state index is -0.372. The van der Waals surface area contributed by atoms with E-state index in [0.717, 1.165) is 24.9 Å². The Hall–Kier alpha value is -1.68. The smallest absolute Gasteiger partial charge is 0.167 e. The van der Waals surface area contributed by atoms with Gasteiger partial charge in [-0.25, -0.2) is 9.37 Å². The van der Waals surface area contributed by atoms with Gasteiger partial charge in [0, 0.05) is 25.1 Å². The Labute approximate surface area is 116 Å². The van der Waals surface area contributed by atoms with E-state index in [2.05, 4.69) is 9.97 Å². The van der Waals surface area contributed by atoms with Gasteiger partial charge in [0.25, 0.3) is 0 Å². The van der Waals surface area contributed by atoms with Gasteiger partial charge in [0.2, 0.25) is 0 Å². The van der Waals surface area contributed by atoms with E-state index >= 15 is 0 Å². The molecule has 2 aromatic rings. The van der Waals surface area contributed by atoms with Crippen LogP contribution in [0.15, 0.2) is 36.8 Å². The highest BCUT2D eigenvalue weighted by atomic mass is 35.5. The first-order chi connectivity index (χ1) is 9.25. The quantitative estimate of drug-likeness (QED) is 0.840. The van der Waals surface area contributed by atoms with Crippen molar-refractivity contribution in [2.24, 2.45) is 0 Å². The van der Waals surface area contributed by atoms with Crippen molar-refractivity contribution in [3.05, 3.63) is 53.2 Å². The van der Waals surface area contributed by atoms with Gasteiger partial charge in [-0.05, 0) is 30.5 Å². The molecule has 3 heterocycles. The SMILES string of the molecule is Fc1cc(Cl)cnc1N1CCCC1c1cccnc1. The molecule has 0 radical (unpaired) electrons. The summed E-state index contributed by atoms with van der Waals surface area (Å²) in [5.41, 5.74) is 1.09. The van der Waals surface area contributed by atoms with Crippen LogP contribution in [-0.2, 0) is 0 Å². The molecule has 3 nitrogen and oxygen atoms in total. The third-order valence-electron chi connectivity index (χ3n) is 3.38. The van der Waals surface area contributed by atoms with E-state index in [0.29, 0.717) is 10.8 Å². The summed E-state index contributed by atoms with van der Waals surface area (Å²) in [6.07, 6.45) is 7.05. The second kappa shape index (κ2) is 5.13. The topological polar surface area (TPSA) is 29.0 Å². The zero-order chi connectivity index (χ0) is 13.2. The molecule has 0 amide bonds. The Morgan fingerprint density at radius 3 is 3.00 bits per heavy atom. The molecular formula is C14H13ClFN3. The van der Waals surface area contributed by atoms with Gasteiger partial charge in [-0.2, -0.15) is 0 Å². The average Bonchev–Trinajstić information content (AvgIpc) is 2.89. The predicted octanol–water partition coefficient (Wildman–Crippen LogP) is 3.61. The summed E-state index contributed by atoms with van der Waals surface area (Å²) in [5, 5.41) is 0.318. The number of halogens is 2. The lowest BCUT2D eigenvalue weighted by molar-refractivity contribution is 0.602. The molecule has 19 heavy (non-hydrogen) atoms. The van der Waals surface area contributed by atoms with Crippen LogP contribution in [0.4, 0.5) is 10.2 Å². The molecule has 0 bridgehead atoms. The van der Waals surface area contributed by atoms with Crippen LogP contribution in [0.25, 0.3) is 0 Å². The molecule has 1 atom stereocenters. The van der Waals surface area contributed by atoms with Crippen molar-refractivity contribution >= 4 is 17.4 Å². The first-order valence-electron chi connectivity index (χ1n) is 6.23. The third kappa shape index (κ3) is 2.40. The Kier molecular flexibility index (Phi) is 3.34. The fourth-order valence-corrected chi connectivity index (χ4v) is 2.70. The van der Waals surface area contributed by atoms with Crippen molar-refractivity contribution in [1.29, 1.82) is 0 Å². The van der Waals surface area contributed by atoms with Crippen molar-refractivity contribution < 1.29 is 4.39 Å². The number of rotatable bonds is 2. The average molecular weight is 278 g/mol. The van der Waals surface area contributed by atoms with Crippen molar-refractivity contribution in [3.8, 4) is 0 Å². The highest BCUT2D eigenvalue weighted by molar-refractivity contribution is 6.30. The van der Waals surface area contributed by atoms with Gasteiger partial charge in [-0.3, -0.25) is 4.98 Å². The summed E-state index contributed by atoms with van der Waals surface area (Å²) < 4.78 is 14.0. The largest absolute Gasteiger partial charge is 0.347 e. The van der Waals surface area contributed by atoms with E-state index in [1.807, 2.05) is 23.2 Å². The van der Waals surface area contributed by atoms with Crippen LogP contribution in [0, 0.1) is 5.82 Å². The van der Waals surface area contributed by atoms with E-state index in [4.69, 9.17) is 11.6 Å². The predicted molar refractivity (Wildman–Crippen MR) is 72.8 cm³/mol. The summed E-state index contributed by atoms with van der Waals surface area (Å²) in [5.74, 6) is -0.000886. The lowest BCUT2D eigenvalue weighted by atomic mass is 10.1. The molecule has 1 unspecified atom stereocenters. The Morgan fingerprint density at radius 2 is 2.26 bits per heavy atom. The summed E-state index contributed by atoms with van der Waals surface area (Å²) >= 11 is 5.75. The van der Waals surface area contributed by atoms with Crippen molar-refractivity contribution in [2.45, 2.75) is 18.9 Å². The van der Waals surface area contributed by atoms with E-state index in [1.165, 1.54) is 12.3 Å². The second-order valence-electron chi connectivity index (χ2n) is 4.60. The molecule has 0 aliphatic carbocycles. The monoisotopic (exact) mass is 277 g/mol. The minimum absolute atomic E-state index is 0.136. The van der Waals surface area contributed by atoms with Gasteiger partial charge < -0.3 is 4.90 Å². The molecule has 1 aliphatic rings. The van der Waals surface area contributed by atoms with Gasteiger partial charge in [-0.15, -0.1) is 0 Å². The van der Waals surface area contributed by atoms with Crippen LogP contribution >= 0.6 is 11.6 Å². The molecule has 98 valence electrons. The van der Waals surface area contributed by atoms with Crippen molar-refractivity contribution in [2.75, 3.05) is 11.4 Å². The van der Waals surface area contributed by atoms with Gasteiger partial charge in [0.15, 0.2) is 11.6 Å². The molecule has 0 N–H and O–H groups in total. The van der Waals surface area contributed by atoms with Gasteiger partial charge >= 0.3 is 0 Å². The Balaban J connectivity index is 1.95. The summed E-state index contributed by atoms with van der Waals surface area (Å²) in [4.78, 5) is 10.3. The lowest BCUT2D eigenvalue weighted by Crippen LogP contribution is -2.24. The number of nitrogens with zero attached hydrogens (tertiary/aromatic N) is 3. The molecule has 1 fully saturated rings. The van der Waals surface area contributed by atoms with Gasteiger partial charge in [0.05, 0.1) is 11.1 Å². The molecule has 2 aromatic heterocycles. The first-order valence-corrected chi connectivity index (χ1v) is 6.61. The van der Waals surface area contributed by atoms with E-state index in [1.54, 1.807) is 6.20 Å². The van der Waals surface area contributed by atoms with Gasteiger partial charge in [-0.1, -0.05) is 17.7 Å². The first kappa shape index (κ1) is 12.4. The highest BCUT2D eigenvalue weighted by Gasteiger charge is 2.29. The standard InChI is InChI=1S/C14H13ClFN3/c15-11-7-12(16)14(18-9-11)19-6-2-4-13(19)10-3-1-5-17-8-10/h1,3,5,7-9,13H,2,4,6H2. The van der Waals surface area contributed by atoms with Gasteiger partial charge in [0.1, 0.15) is 0 Å². The zero-order valence-electron chi connectivity index (χ0n) is 10.3. The zero-order valence-corrected chi connectivity index (χ0v) is 11.0. The highest BCUT2D eigenvalue weighted by Crippen LogP contribution is 2.36. The molecule has 0 aromatic carbocycles. The maximum absolute atomic E-state index is 14.0. The van der Waals surface area contributed by atoms with Crippen LogP contribution in [0.1, 0.15) is 24.4 Å². The molecule has 0 saturated carbocycles. The van der Waals surface area contributed by atoms with Crippen molar-refractivity contribution in [1.82, 2.24) is 9.97 Å². The Morgan fingerprint density at radius 1 is 1.37 bits per heavy atom. The number of aromatic nitrogens is 2. The van der Waals surface area contributed by atoms with Crippen LogP contribution in [0.2, 0.25) is 5.02 Å². The number of pyridine rings is 2. The molecule has 1 saturated heterocycles. The molecular weight excluding hydrogens is 265 g/mol. The minimum Gasteiger partial charge on any atom is -0.347 e.